The molecule has 3 heterocycles. The zero-order valence-corrected chi connectivity index (χ0v) is 22.0. The number of aromatic nitrogens is 2. The van der Waals surface area contributed by atoms with Crippen molar-refractivity contribution in [2.24, 2.45) is 16.6 Å². The number of rotatable bonds is 7. The smallest absolute Gasteiger partial charge is 0.286 e. The third-order valence-corrected chi connectivity index (χ3v) is 7.68. The summed E-state index contributed by atoms with van der Waals surface area (Å²) in [5.74, 6) is 0.133. The second-order valence-electron chi connectivity index (χ2n) is 9.27. The Hall–Kier alpha value is -4.11. The molecule has 0 saturated carbocycles. The number of hydrogen-bond acceptors (Lipinski definition) is 6. The first-order valence-corrected chi connectivity index (χ1v) is 13.3. The second kappa shape index (κ2) is 11.1. The minimum absolute atomic E-state index is 0.118. The van der Waals surface area contributed by atoms with Crippen molar-refractivity contribution in [3.05, 3.63) is 83.4 Å². The number of amides is 2. The number of carbonyl (C=O) groups excluding carboxylic acids is 2. The lowest BCUT2D eigenvalue weighted by Crippen LogP contribution is -2.40. The van der Waals surface area contributed by atoms with Crippen LogP contribution in [0.3, 0.4) is 0 Å². The predicted octanol–water partition coefficient (Wildman–Crippen LogP) is 4.58. The molecular formula is C29H29N5O3S. The van der Waals surface area contributed by atoms with Crippen LogP contribution >= 0.6 is 11.8 Å². The van der Waals surface area contributed by atoms with E-state index in [-0.39, 0.29) is 17.7 Å². The number of aryl methyl sites for hydroxylation is 1. The van der Waals surface area contributed by atoms with Gasteiger partial charge in [-0.1, -0.05) is 30.9 Å². The number of primary amides is 1. The Morgan fingerprint density at radius 2 is 1.97 bits per heavy atom. The third-order valence-electron chi connectivity index (χ3n) is 6.63. The van der Waals surface area contributed by atoms with Gasteiger partial charge in [-0.05, 0) is 73.5 Å². The van der Waals surface area contributed by atoms with Crippen LogP contribution in [-0.4, -0.2) is 51.4 Å². The lowest BCUT2D eigenvalue weighted by Gasteiger charge is -2.31. The molecule has 0 bridgehead atoms. The summed E-state index contributed by atoms with van der Waals surface area (Å²) in [6, 6.07) is 15.8. The van der Waals surface area contributed by atoms with Gasteiger partial charge in [0.15, 0.2) is 5.17 Å². The van der Waals surface area contributed by atoms with Gasteiger partial charge in [0.2, 0.25) is 5.91 Å². The lowest BCUT2D eigenvalue weighted by molar-refractivity contribution is -0.123. The van der Waals surface area contributed by atoms with Crippen molar-refractivity contribution in [1.82, 2.24) is 14.7 Å². The number of carbonyl (C=O) groups is 2. The van der Waals surface area contributed by atoms with Crippen molar-refractivity contribution < 1.29 is 14.3 Å². The van der Waals surface area contributed by atoms with Gasteiger partial charge in [-0.2, -0.15) is 10.1 Å². The molecule has 0 atom stereocenters. The quantitative estimate of drug-likeness (QED) is 0.356. The molecule has 38 heavy (non-hydrogen) atoms. The minimum atomic E-state index is -0.273. The van der Waals surface area contributed by atoms with Crippen LogP contribution in [0, 0.1) is 12.8 Å². The van der Waals surface area contributed by atoms with Crippen LogP contribution in [0.1, 0.15) is 24.0 Å². The first-order chi connectivity index (χ1) is 18.4. The summed E-state index contributed by atoms with van der Waals surface area (Å²) in [7, 11) is 0. The highest BCUT2D eigenvalue weighted by Gasteiger charge is 2.31. The minimum Gasteiger partial charge on any atom is -0.489 e. The predicted molar refractivity (Wildman–Crippen MR) is 151 cm³/mol. The summed E-state index contributed by atoms with van der Waals surface area (Å²) in [5.41, 5.74) is 9.85. The van der Waals surface area contributed by atoms with Crippen molar-refractivity contribution in [2.75, 3.05) is 19.7 Å². The SMILES string of the molecule is C=CCOc1ccc(-c2nn(-c3ccccc3)cc2C=C2SC(N3CCC(C(N)=O)CC3)=NC2=O)cc1C. The Labute approximate surface area is 225 Å². The first-order valence-electron chi connectivity index (χ1n) is 12.5. The van der Waals surface area contributed by atoms with Crippen LogP contribution in [0.4, 0.5) is 0 Å². The fourth-order valence-corrected chi connectivity index (χ4v) is 5.52. The van der Waals surface area contributed by atoms with Crippen molar-refractivity contribution >= 4 is 34.8 Å². The Kier molecular flexibility index (Phi) is 7.46. The van der Waals surface area contributed by atoms with E-state index in [4.69, 9.17) is 15.6 Å². The number of benzene rings is 2. The van der Waals surface area contributed by atoms with Crippen molar-refractivity contribution in [2.45, 2.75) is 19.8 Å². The maximum Gasteiger partial charge on any atom is 0.286 e. The monoisotopic (exact) mass is 527 g/mol. The molecular weight excluding hydrogens is 498 g/mol. The van der Waals surface area contributed by atoms with Gasteiger partial charge in [-0.15, -0.1) is 0 Å². The molecule has 0 unspecified atom stereocenters. The Morgan fingerprint density at radius 3 is 2.66 bits per heavy atom. The summed E-state index contributed by atoms with van der Waals surface area (Å²) in [5, 5.41) is 5.55. The van der Waals surface area contributed by atoms with Crippen LogP contribution in [0.5, 0.6) is 5.75 Å². The highest BCUT2D eigenvalue weighted by molar-refractivity contribution is 8.18. The number of amidine groups is 1. The van der Waals surface area contributed by atoms with Gasteiger partial charge in [0.1, 0.15) is 18.1 Å². The van der Waals surface area contributed by atoms with Crippen LogP contribution < -0.4 is 10.5 Å². The summed E-state index contributed by atoms with van der Waals surface area (Å²) < 4.78 is 7.56. The van der Waals surface area contributed by atoms with Gasteiger partial charge < -0.3 is 15.4 Å². The number of hydrogen-bond donors (Lipinski definition) is 1. The molecule has 0 aliphatic carbocycles. The van der Waals surface area contributed by atoms with Gasteiger partial charge in [0.05, 0.1) is 10.6 Å². The number of ether oxygens (including phenoxy) is 1. The molecule has 9 heteroatoms. The highest BCUT2D eigenvalue weighted by Crippen LogP contribution is 2.35. The van der Waals surface area contributed by atoms with Crippen LogP contribution in [0.25, 0.3) is 23.0 Å². The number of para-hydroxylation sites is 1. The molecule has 2 aliphatic heterocycles. The molecule has 0 radical (unpaired) electrons. The van der Waals surface area contributed by atoms with Gasteiger partial charge in [-0.25, -0.2) is 4.68 Å². The van der Waals surface area contributed by atoms with E-state index < -0.39 is 0 Å². The van der Waals surface area contributed by atoms with Crippen molar-refractivity contribution in [1.29, 1.82) is 0 Å². The Bertz CT molecular complexity index is 1440. The lowest BCUT2D eigenvalue weighted by atomic mass is 9.97. The molecule has 1 fully saturated rings. The van der Waals surface area contributed by atoms with E-state index >= 15 is 0 Å². The van der Waals surface area contributed by atoms with Gasteiger partial charge in [-0.3, -0.25) is 9.59 Å². The van der Waals surface area contributed by atoms with Crippen LogP contribution in [-0.2, 0) is 9.59 Å². The van der Waals surface area contributed by atoms with E-state index in [1.165, 1.54) is 11.8 Å². The summed E-state index contributed by atoms with van der Waals surface area (Å²) in [6.45, 7) is 7.43. The zero-order valence-electron chi connectivity index (χ0n) is 21.2. The number of aliphatic imine (C=N–C) groups is 1. The normalized spacial score (nSPS) is 17.1. The molecule has 194 valence electrons. The summed E-state index contributed by atoms with van der Waals surface area (Å²) >= 11 is 1.36. The molecule has 2 N–H and O–H groups in total. The zero-order chi connectivity index (χ0) is 26.6. The Balaban J connectivity index is 1.45. The highest BCUT2D eigenvalue weighted by atomic mass is 32.2. The molecule has 1 aromatic heterocycles. The number of nitrogens with zero attached hydrogens (tertiary/aromatic N) is 4. The fourth-order valence-electron chi connectivity index (χ4n) is 4.57. The van der Waals surface area contributed by atoms with E-state index in [0.29, 0.717) is 42.6 Å². The fraction of sp³-hybridized carbons (Fsp3) is 0.241. The molecule has 2 aromatic carbocycles. The van der Waals surface area contributed by atoms with Crippen molar-refractivity contribution in [3.8, 4) is 22.7 Å². The number of likely N-dealkylation sites (tertiary alicyclic amines) is 1. The van der Waals surface area contributed by atoms with Crippen LogP contribution in [0.15, 0.2) is 77.3 Å². The second-order valence-corrected chi connectivity index (χ2v) is 10.3. The number of thioether (sulfide) groups is 1. The van der Waals surface area contributed by atoms with E-state index in [9.17, 15) is 9.59 Å². The largest absolute Gasteiger partial charge is 0.489 e. The van der Waals surface area contributed by atoms with Gasteiger partial charge >= 0.3 is 0 Å². The van der Waals surface area contributed by atoms with E-state index in [1.807, 2.05) is 72.4 Å². The number of nitrogens with two attached hydrogens (primary N) is 1. The average molecular weight is 528 g/mol. The Morgan fingerprint density at radius 1 is 1.21 bits per heavy atom. The molecule has 2 amide bonds. The van der Waals surface area contributed by atoms with Crippen molar-refractivity contribution in [3.63, 3.8) is 0 Å². The standard InChI is InChI=1S/C29H29N5O3S/c1-3-15-37-24-10-9-21(16-19(24)2)26-22(18-34(32-26)23-7-5-4-6-8-23)17-25-28(36)31-29(38-25)33-13-11-20(12-14-33)27(30)35/h3-10,16-18,20H,1,11-15H2,2H3,(H2,30,35). The molecule has 2 aliphatic rings. The van der Waals surface area contributed by atoms with Crippen LogP contribution in [0.2, 0.25) is 0 Å². The third kappa shape index (κ3) is 5.43. The molecule has 8 nitrogen and oxygen atoms in total. The van der Waals surface area contributed by atoms with Gasteiger partial charge in [0, 0.05) is 36.3 Å². The number of piperidine rings is 1. The summed E-state index contributed by atoms with van der Waals surface area (Å²) in [6.07, 6.45) is 6.84. The van der Waals surface area contributed by atoms with E-state index in [0.717, 1.165) is 33.8 Å². The maximum absolute atomic E-state index is 12.9. The molecule has 1 saturated heterocycles. The molecule has 5 rings (SSSR count). The molecule has 3 aromatic rings. The topological polar surface area (TPSA) is 103 Å². The molecule has 0 spiro atoms. The van der Waals surface area contributed by atoms with Gasteiger partial charge in [0.25, 0.3) is 5.91 Å². The maximum atomic E-state index is 12.9. The van der Waals surface area contributed by atoms with E-state index in [2.05, 4.69) is 16.5 Å². The first kappa shape index (κ1) is 25.5. The summed E-state index contributed by atoms with van der Waals surface area (Å²) in [4.78, 5) is 31.3. The average Bonchev–Trinajstić information content (AvgIpc) is 3.52. The van der Waals surface area contributed by atoms with E-state index in [1.54, 1.807) is 6.08 Å².